The quantitative estimate of drug-likeness (QED) is 0.295. The van der Waals surface area contributed by atoms with E-state index in [2.05, 4.69) is 28.1 Å². The maximum Gasteiger partial charge on any atom is 0.498 e. The van der Waals surface area contributed by atoms with Crippen LogP contribution < -0.4 is 14.2 Å². The predicted octanol–water partition coefficient (Wildman–Crippen LogP) is 1.38. The molecule has 1 aromatic rings. The van der Waals surface area contributed by atoms with Crippen molar-refractivity contribution in [1.29, 1.82) is 0 Å². The molecule has 1 heterocycles. The minimum absolute atomic E-state index is 0.0622. The van der Waals surface area contributed by atoms with Crippen LogP contribution in [0.3, 0.4) is 0 Å². The topological polar surface area (TPSA) is 105 Å². The lowest BCUT2D eigenvalue weighted by atomic mass is 10.5. The van der Waals surface area contributed by atoms with Gasteiger partial charge in [-0.25, -0.2) is 0 Å². The second-order valence-corrected chi connectivity index (χ2v) is 7.31. The molecule has 0 aliphatic carbocycles. The van der Waals surface area contributed by atoms with Crippen LogP contribution in [-0.4, -0.2) is 62.1 Å². The van der Waals surface area contributed by atoms with Crippen molar-refractivity contribution < 1.29 is 27.9 Å². The van der Waals surface area contributed by atoms with Crippen molar-refractivity contribution in [1.82, 2.24) is 15.0 Å². The molecule has 0 spiro atoms. The summed E-state index contributed by atoms with van der Waals surface area (Å²) in [5, 5.41) is 0. The fourth-order valence-corrected chi connectivity index (χ4v) is 3.21. The maximum absolute atomic E-state index is 10.1. The van der Waals surface area contributed by atoms with Gasteiger partial charge in [-0.1, -0.05) is 25.3 Å². The van der Waals surface area contributed by atoms with Crippen LogP contribution in [0, 0.1) is 0 Å². The van der Waals surface area contributed by atoms with Crippen LogP contribution in [0.4, 0.5) is 0 Å². The van der Waals surface area contributed by atoms with Gasteiger partial charge in [0.2, 0.25) is 0 Å². The normalized spacial score (nSPS) is 12.9. The first kappa shape index (κ1) is 21.0. The van der Waals surface area contributed by atoms with Gasteiger partial charge in [0.1, 0.15) is 13.2 Å². The first-order valence-electron chi connectivity index (χ1n) is 7.84. The van der Waals surface area contributed by atoms with Crippen molar-refractivity contribution in [2.45, 2.75) is 19.4 Å². The summed E-state index contributed by atoms with van der Waals surface area (Å²) in [6, 6.07) is 0.566. The monoisotopic (exact) mass is 371 g/mol. The number of hydrogen-bond donors (Lipinski definition) is 1. The van der Waals surface area contributed by atoms with E-state index in [-0.39, 0.29) is 37.9 Å². The first-order valence-corrected chi connectivity index (χ1v) is 9.81. The highest BCUT2D eigenvalue weighted by Gasteiger charge is 2.34. The third kappa shape index (κ3) is 8.07. The van der Waals surface area contributed by atoms with Gasteiger partial charge >= 0.3 is 26.8 Å². The van der Waals surface area contributed by atoms with E-state index in [0.29, 0.717) is 19.1 Å². The molecule has 1 unspecified atom stereocenters. The molecular weight excluding hydrogens is 346 g/mol. The third-order valence-corrected chi connectivity index (χ3v) is 5.15. The molecule has 0 radical (unpaired) electrons. The minimum Gasteiger partial charge on any atom is -0.463 e. The van der Waals surface area contributed by atoms with Gasteiger partial charge in [-0.05, 0) is 13.3 Å². The lowest BCUT2D eigenvalue weighted by molar-refractivity contribution is 0.125. The molecule has 0 aliphatic heterocycles. The number of aromatic nitrogens is 3. The van der Waals surface area contributed by atoms with Gasteiger partial charge in [0, 0.05) is 19.8 Å². The highest BCUT2D eigenvalue weighted by atomic mass is 28.4. The van der Waals surface area contributed by atoms with Crippen molar-refractivity contribution in [3.63, 3.8) is 0 Å². The molecule has 25 heavy (non-hydrogen) atoms. The third-order valence-electron chi connectivity index (χ3n) is 2.79. The molecular formula is C15H25N3O6Si. The van der Waals surface area contributed by atoms with Gasteiger partial charge in [0.05, 0.1) is 6.61 Å². The van der Waals surface area contributed by atoms with E-state index < -0.39 is 8.80 Å². The lowest BCUT2D eigenvalue weighted by Crippen LogP contribution is -2.41. The summed E-state index contributed by atoms with van der Waals surface area (Å²) in [5.41, 5.74) is 0. The average Bonchev–Trinajstić information content (AvgIpc) is 2.62. The molecule has 0 amide bonds. The van der Waals surface area contributed by atoms with Gasteiger partial charge in [-0.2, -0.15) is 0 Å². The first-order chi connectivity index (χ1) is 12.1. The summed E-state index contributed by atoms with van der Waals surface area (Å²) in [7, 11) is -1.69. The molecule has 0 saturated heterocycles. The smallest absolute Gasteiger partial charge is 0.463 e. The lowest BCUT2D eigenvalue weighted by Gasteiger charge is -2.21. The van der Waals surface area contributed by atoms with Gasteiger partial charge in [-0.3, -0.25) is 0 Å². The van der Waals surface area contributed by atoms with Crippen LogP contribution in [0.1, 0.15) is 13.3 Å². The molecule has 0 bridgehead atoms. The molecule has 10 heteroatoms. The molecule has 0 fully saturated rings. The second-order valence-electron chi connectivity index (χ2n) is 4.68. The Hall–Kier alpha value is -2.01. The zero-order chi connectivity index (χ0) is 18.5. The van der Waals surface area contributed by atoms with Crippen LogP contribution in [-0.2, 0) is 8.85 Å². The molecule has 1 atom stereocenters. The van der Waals surface area contributed by atoms with Crippen molar-refractivity contribution in [3.8, 4) is 18.0 Å². The van der Waals surface area contributed by atoms with E-state index in [0.717, 1.165) is 0 Å². The summed E-state index contributed by atoms with van der Waals surface area (Å²) in [4.78, 5) is 22.2. The van der Waals surface area contributed by atoms with Gasteiger partial charge in [0.15, 0.2) is 0 Å². The standard InChI is InChI=1S/C15H25N3O6Si/c1-5-9-21-13-16-14(22-10-6-2)18-15(17-13)23-11-8-12-25(19,20-4)24-7-3/h5-6,19H,1-2,7-12H2,3-4H3. The van der Waals surface area contributed by atoms with Crippen molar-refractivity contribution >= 4 is 8.80 Å². The molecule has 9 nitrogen and oxygen atoms in total. The molecule has 140 valence electrons. The SMILES string of the molecule is C=CCOc1nc(OCC=C)nc(OCCC[Si](O)(OC)OCC)n1. The Labute approximate surface area is 148 Å². The summed E-state index contributed by atoms with van der Waals surface area (Å²) in [5.74, 6) is 0. The molecule has 0 aromatic carbocycles. The van der Waals surface area contributed by atoms with Crippen LogP contribution in [0.5, 0.6) is 18.0 Å². The van der Waals surface area contributed by atoms with Crippen molar-refractivity contribution in [2.75, 3.05) is 33.5 Å². The number of nitrogens with zero attached hydrogens (tertiary/aromatic N) is 3. The molecule has 1 aromatic heterocycles. The zero-order valence-electron chi connectivity index (χ0n) is 14.6. The summed E-state index contributed by atoms with van der Waals surface area (Å²) < 4.78 is 26.4. The Kier molecular flexibility index (Phi) is 9.70. The zero-order valence-corrected chi connectivity index (χ0v) is 15.6. The summed E-state index contributed by atoms with van der Waals surface area (Å²) in [6.07, 6.45) is 3.64. The number of hydrogen-bond acceptors (Lipinski definition) is 9. The average molecular weight is 371 g/mol. The number of rotatable bonds is 14. The van der Waals surface area contributed by atoms with E-state index >= 15 is 0 Å². The van der Waals surface area contributed by atoms with Crippen LogP contribution in [0.2, 0.25) is 6.04 Å². The van der Waals surface area contributed by atoms with Crippen LogP contribution in [0.25, 0.3) is 0 Å². The summed E-state index contributed by atoms with van der Waals surface area (Å²) >= 11 is 0. The van der Waals surface area contributed by atoms with E-state index in [1.54, 1.807) is 19.1 Å². The molecule has 0 saturated carbocycles. The highest BCUT2D eigenvalue weighted by Crippen LogP contribution is 2.16. The predicted molar refractivity (Wildman–Crippen MR) is 92.7 cm³/mol. The van der Waals surface area contributed by atoms with Gasteiger partial charge in [-0.15, -0.1) is 15.0 Å². The largest absolute Gasteiger partial charge is 0.498 e. The van der Waals surface area contributed by atoms with E-state index in [9.17, 15) is 4.80 Å². The van der Waals surface area contributed by atoms with Gasteiger partial charge in [0.25, 0.3) is 0 Å². The Morgan fingerprint density at radius 3 is 1.96 bits per heavy atom. The molecule has 1 N–H and O–H groups in total. The Balaban J connectivity index is 2.63. The van der Waals surface area contributed by atoms with Crippen LogP contribution in [0.15, 0.2) is 25.3 Å². The van der Waals surface area contributed by atoms with Crippen molar-refractivity contribution in [2.24, 2.45) is 0 Å². The maximum atomic E-state index is 10.1. The van der Waals surface area contributed by atoms with E-state index in [1.165, 1.54) is 7.11 Å². The fraction of sp³-hybridized carbons (Fsp3) is 0.533. The molecule has 0 aliphatic rings. The molecule has 1 rings (SSSR count). The van der Waals surface area contributed by atoms with E-state index in [1.807, 2.05) is 0 Å². The van der Waals surface area contributed by atoms with E-state index in [4.69, 9.17) is 23.1 Å². The highest BCUT2D eigenvalue weighted by molar-refractivity contribution is 6.59. The van der Waals surface area contributed by atoms with Gasteiger partial charge < -0.3 is 27.9 Å². The minimum atomic E-state index is -3.12. The van der Waals surface area contributed by atoms with Crippen molar-refractivity contribution in [3.05, 3.63) is 25.3 Å². The Bertz CT molecular complexity index is 518. The number of ether oxygens (including phenoxy) is 3. The Morgan fingerprint density at radius 2 is 1.52 bits per heavy atom. The fourth-order valence-electron chi connectivity index (χ4n) is 1.70. The summed E-state index contributed by atoms with van der Waals surface area (Å²) in [6.45, 7) is 10.1. The second kappa shape index (κ2) is 11.5. The van der Waals surface area contributed by atoms with Crippen LogP contribution >= 0.6 is 0 Å². The Morgan fingerprint density at radius 1 is 1.00 bits per heavy atom.